The van der Waals surface area contributed by atoms with Crippen molar-refractivity contribution in [2.24, 2.45) is 0 Å². The van der Waals surface area contributed by atoms with Crippen LogP contribution in [0, 0.1) is 0 Å². The highest BCUT2D eigenvalue weighted by Gasteiger charge is 2.51. The number of hydrogen-bond donors (Lipinski definition) is 1. The molecule has 1 amide bonds. The van der Waals surface area contributed by atoms with Gasteiger partial charge in [-0.1, -0.05) is 63.3 Å². The van der Waals surface area contributed by atoms with E-state index in [2.05, 4.69) is 39.2 Å². The maximum atomic E-state index is 14.6. The molecule has 0 saturated carbocycles. The van der Waals surface area contributed by atoms with E-state index < -0.39 is 66.6 Å². The van der Waals surface area contributed by atoms with Gasteiger partial charge in [-0.05, 0) is 84.7 Å². The quantitative estimate of drug-likeness (QED) is 0.0468. The summed E-state index contributed by atoms with van der Waals surface area (Å²) in [5.74, 6) is -1.52. The van der Waals surface area contributed by atoms with Crippen LogP contribution in [0.3, 0.4) is 0 Å². The van der Waals surface area contributed by atoms with Crippen molar-refractivity contribution in [3.8, 4) is 11.5 Å². The Labute approximate surface area is 346 Å². The van der Waals surface area contributed by atoms with Crippen molar-refractivity contribution in [2.45, 2.75) is 83.9 Å². The molecule has 0 saturated heterocycles. The molecule has 316 valence electrons. The minimum atomic E-state index is -5.11. The molecule has 59 heavy (non-hydrogen) atoms. The molecule has 0 aliphatic carbocycles. The van der Waals surface area contributed by atoms with Gasteiger partial charge in [0.05, 0.1) is 37.0 Å². The van der Waals surface area contributed by atoms with Crippen molar-refractivity contribution in [1.29, 1.82) is 0 Å². The molecule has 1 aliphatic rings. The number of esters is 1. The zero-order valence-corrected chi connectivity index (χ0v) is 35.6. The highest BCUT2D eigenvalue weighted by atomic mass is 32.1. The second kappa shape index (κ2) is 17.4. The minimum Gasteiger partial charge on any atom is -0.489 e. The molecule has 1 heterocycles. The molecular weight excluding hydrogens is 815 g/mol. The minimum absolute atomic E-state index is 0.0107. The number of amides is 1. The van der Waals surface area contributed by atoms with Gasteiger partial charge in [-0.15, -0.1) is 0 Å². The summed E-state index contributed by atoms with van der Waals surface area (Å²) in [6.07, 6.45) is -9.87. The number of fused-ring (bicyclic) bond motifs is 1. The maximum absolute atomic E-state index is 14.6. The van der Waals surface area contributed by atoms with E-state index in [1.807, 2.05) is 30.3 Å². The molecule has 16 heteroatoms. The first-order chi connectivity index (χ1) is 27.4. The Balaban J connectivity index is 1.49. The number of carbonyl (C=O) groups is 2. The first-order valence-corrected chi connectivity index (χ1v) is 22.1. The summed E-state index contributed by atoms with van der Waals surface area (Å²) in [7, 11) is -0.942. The average Bonchev–Trinajstić information content (AvgIpc) is 3.56. The Morgan fingerprint density at radius 2 is 1.46 bits per heavy atom. The predicted molar refractivity (Wildman–Crippen MR) is 220 cm³/mol. The zero-order chi connectivity index (χ0) is 43.6. The van der Waals surface area contributed by atoms with Gasteiger partial charge in [-0.2, -0.15) is 26.3 Å². The van der Waals surface area contributed by atoms with Crippen molar-refractivity contribution in [1.82, 2.24) is 4.48 Å². The number of alkyl halides is 6. The molecule has 4 aromatic rings. The Morgan fingerprint density at radius 1 is 0.814 bits per heavy atom. The van der Waals surface area contributed by atoms with E-state index in [9.17, 15) is 35.9 Å². The Hall–Kier alpha value is -4.77. The van der Waals surface area contributed by atoms with Gasteiger partial charge >= 0.3 is 24.2 Å². The van der Waals surface area contributed by atoms with Gasteiger partial charge in [0.25, 0.3) is 0 Å². The Bertz CT molecular complexity index is 2160. The summed E-state index contributed by atoms with van der Waals surface area (Å²) in [6, 6.07) is 19.7. The number of carbonyl (C=O) groups excluding carboxylic acids is 2. The SMILES string of the molecule is COC(=O)c1cc(CO[Si](C)(C)C(C)(C)C)cc(NC(=S)C(C)[N+]2(C(=O)COc3cc(C(F)(F)F)cc(C(F)(F)F)c3)CCc3cc(OCc4ccccc4)ccc32)c1. The number of halogens is 6. The largest absolute Gasteiger partial charge is 0.489 e. The van der Waals surface area contributed by atoms with Gasteiger partial charge in [0.1, 0.15) is 34.8 Å². The first-order valence-electron chi connectivity index (χ1n) is 18.8. The second-order valence-corrected chi connectivity index (χ2v) is 21.2. The number of thiocarbonyl (C=S) groups is 1. The summed E-state index contributed by atoms with van der Waals surface area (Å²) >= 11 is 5.95. The number of ether oxygens (including phenoxy) is 3. The summed E-state index contributed by atoms with van der Waals surface area (Å²) in [5.41, 5.74) is 0.328. The molecule has 0 fully saturated rings. The molecular formula is C43H47F6N2O6SSi+. The lowest BCUT2D eigenvalue weighted by Crippen LogP contribution is -2.63. The number of nitrogens with zero attached hydrogens (tertiary/aromatic N) is 1. The number of hydrogen-bond acceptors (Lipinski definition) is 7. The lowest BCUT2D eigenvalue weighted by Gasteiger charge is -2.38. The van der Waals surface area contributed by atoms with Crippen molar-refractivity contribution in [3.63, 3.8) is 0 Å². The molecule has 0 bridgehead atoms. The van der Waals surface area contributed by atoms with E-state index in [0.29, 0.717) is 41.2 Å². The lowest BCUT2D eigenvalue weighted by atomic mass is 10.1. The predicted octanol–water partition coefficient (Wildman–Crippen LogP) is 10.9. The van der Waals surface area contributed by atoms with Crippen LogP contribution in [-0.4, -0.2) is 51.5 Å². The summed E-state index contributed by atoms with van der Waals surface area (Å²) in [5, 5.41) is 3.10. The highest BCUT2D eigenvalue weighted by Crippen LogP contribution is 2.42. The monoisotopic (exact) mass is 861 g/mol. The molecule has 0 aromatic heterocycles. The van der Waals surface area contributed by atoms with Crippen LogP contribution in [-0.2, 0) is 45.9 Å². The number of methoxy groups -OCH3 is 1. The number of anilines is 1. The third-order valence-electron chi connectivity index (χ3n) is 11.0. The molecule has 4 aromatic carbocycles. The smallest absolute Gasteiger partial charge is 0.416 e. The van der Waals surface area contributed by atoms with E-state index in [1.165, 1.54) is 7.11 Å². The van der Waals surface area contributed by atoms with Crippen LogP contribution in [0.1, 0.15) is 65.9 Å². The number of rotatable bonds is 13. The molecule has 2 atom stereocenters. The van der Waals surface area contributed by atoms with Crippen molar-refractivity contribution in [2.75, 3.05) is 25.6 Å². The highest BCUT2D eigenvalue weighted by molar-refractivity contribution is 7.80. The second-order valence-electron chi connectivity index (χ2n) is 16.0. The van der Waals surface area contributed by atoms with E-state index in [1.54, 1.807) is 43.3 Å². The van der Waals surface area contributed by atoms with E-state index in [-0.39, 0.29) is 41.4 Å². The van der Waals surface area contributed by atoms with Crippen LogP contribution in [0.5, 0.6) is 11.5 Å². The fourth-order valence-corrected chi connectivity index (χ4v) is 7.82. The number of quaternary nitrogens is 1. The fourth-order valence-electron chi connectivity index (χ4n) is 6.56. The fraction of sp³-hybridized carbons (Fsp3) is 0.372. The molecule has 0 radical (unpaired) electrons. The molecule has 5 rings (SSSR count). The van der Waals surface area contributed by atoms with Gasteiger partial charge in [0, 0.05) is 23.7 Å². The molecule has 0 spiro atoms. The van der Waals surface area contributed by atoms with Gasteiger partial charge in [-0.3, -0.25) is 0 Å². The Kier molecular flexibility index (Phi) is 13.4. The van der Waals surface area contributed by atoms with Gasteiger partial charge < -0.3 is 24.0 Å². The van der Waals surface area contributed by atoms with Crippen LogP contribution in [0.25, 0.3) is 0 Å². The molecule has 1 N–H and O–H groups in total. The lowest BCUT2D eigenvalue weighted by molar-refractivity contribution is -0.143. The Morgan fingerprint density at radius 3 is 2.05 bits per heavy atom. The van der Waals surface area contributed by atoms with E-state index in [0.717, 1.165) is 11.1 Å². The van der Waals surface area contributed by atoms with Crippen LogP contribution >= 0.6 is 12.2 Å². The summed E-state index contributed by atoms with van der Waals surface area (Å²) in [6.45, 7) is 11.9. The number of nitrogens with one attached hydrogen (secondary N) is 1. The molecule has 2 unspecified atom stereocenters. The third-order valence-corrected chi connectivity index (χ3v) is 15.9. The van der Waals surface area contributed by atoms with Crippen LogP contribution in [0.4, 0.5) is 37.7 Å². The normalized spacial score (nSPS) is 16.2. The van der Waals surface area contributed by atoms with Crippen molar-refractivity contribution in [3.05, 3.63) is 118 Å². The van der Waals surface area contributed by atoms with Gasteiger partial charge in [0.2, 0.25) is 6.61 Å². The third kappa shape index (κ3) is 10.5. The van der Waals surface area contributed by atoms with E-state index in [4.69, 9.17) is 30.9 Å². The van der Waals surface area contributed by atoms with Gasteiger partial charge in [0.15, 0.2) is 8.32 Å². The maximum Gasteiger partial charge on any atom is 0.416 e. The average molecular weight is 862 g/mol. The standard InChI is InChI=1S/C43H46F6N2O6SSi/c1-27(39(58)50-34-18-29(17-31(19-34)40(53)54-5)25-57-59(6,7)41(2,3)4)51(16-15-30-20-35(13-14-37(30)51)55-24-28-11-9-8-10-12-28)38(52)26-56-36-22-32(42(44,45)46)21-33(23-36)43(47,48)49/h8-14,17-23,27H,15-16,24-26H2,1-7H3/p+1. The summed E-state index contributed by atoms with van der Waals surface area (Å²) < 4.78 is 104. The topological polar surface area (TPSA) is 83.1 Å². The van der Waals surface area contributed by atoms with Crippen molar-refractivity contribution >= 4 is 48.8 Å². The molecule has 8 nitrogen and oxygen atoms in total. The van der Waals surface area contributed by atoms with Crippen LogP contribution < -0.4 is 19.3 Å². The number of benzene rings is 4. The van der Waals surface area contributed by atoms with Gasteiger partial charge in [-0.25, -0.2) is 14.1 Å². The summed E-state index contributed by atoms with van der Waals surface area (Å²) in [4.78, 5) is 27.5. The van der Waals surface area contributed by atoms with Crippen LogP contribution in [0.15, 0.2) is 84.9 Å². The van der Waals surface area contributed by atoms with Crippen molar-refractivity contribution < 1.29 is 54.6 Å². The van der Waals surface area contributed by atoms with Crippen LogP contribution in [0.2, 0.25) is 18.1 Å². The zero-order valence-electron chi connectivity index (χ0n) is 33.8. The first kappa shape index (κ1) is 45.3. The molecule has 1 aliphatic heterocycles. The van der Waals surface area contributed by atoms with E-state index >= 15 is 0 Å².